The van der Waals surface area contributed by atoms with E-state index in [-0.39, 0.29) is 5.41 Å². The highest BCUT2D eigenvalue weighted by Crippen LogP contribution is 2.49. The number of nitrogens with zero attached hydrogens (tertiary/aromatic N) is 1. The molecule has 0 unspecified atom stereocenters. The van der Waals surface area contributed by atoms with Crippen molar-refractivity contribution < 1.29 is 4.74 Å². The van der Waals surface area contributed by atoms with Gasteiger partial charge in [0.2, 0.25) is 0 Å². The monoisotopic (exact) mass is 309 g/mol. The van der Waals surface area contributed by atoms with Crippen LogP contribution in [0.2, 0.25) is 0 Å². The molecule has 0 atom stereocenters. The Balaban J connectivity index is 1.95. The van der Waals surface area contributed by atoms with Crippen LogP contribution in [-0.2, 0) is 12.0 Å². The van der Waals surface area contributed by atoms with Gasteiger partial charge in [0.05, 0.1) is 0 Å². The Morgan fingerprint density at radius 2 is 1.70 bits per heavy atom. The fraction of sp³-hybridized carbons (Fsp3) is 0.429. The number of likely N-dealkylation sites (N-methyl/N-ethyl adjacent to an activating group) is 1. The summed E-state index contributed by atoms with van der Waals surface area (Å²) in [4.78, 5) is 2.50. The number of fused-ring (bicyclic) bond motifs is 1. The molecule has 0 aromatic heterocycles. The van der Waals surface area contributed by atoms with Crippen molar-refractivity contribution in [3.63, 3.8) is 0 Å². The van der Waals surface area contributed by atoms with Gasteiger partial charge in [0.15, 0.2) is 0 Å². The SMILES string of the molecule is CCN1CC(CC)(CC)c2c(OCc3ccccc3)cccc21. The molecule has 23 heavy (non-hydrogen) atoms. The van der Waals surface area contributed by atoms with Crippen LogP contribution < -0.4 is 9.64 Å². The second-order valence-corrected chi connectivity index (χ2v) is 6.43. The zero-order valence-corrected chi connectivity index (χ0v) is 14.5. The molecule has 0 bridgehead atoms. The van der Waals surface area contributed by atoms with Crippen molar-refractivity contribution >= 4 is 5.69 Å². The first kappa shape index (κ1) is 15.9. The fourth-order valence-corrected chi connectivity index (χ4v) is 3.81. The van der Waals surface area contributed by atoms with E-state index in [9.17, 15) is 0 Å². The first-order valence-corrected chi connectivity index (χ1v) is 8.79. The van der Waals surface area contributed by atoms with Crippen molar-refractivity contribution in [2.24, 2.45) is 0 Å². The van der Waals surface area contributed by atoms with Gasteiger partial charge in [0, 0.05) is 29.8 Å². The molecule has 1 heterocycles. The Morgan fingerprint density at radius 3 is 2.35 bits per heavy atom. The van der Waals surface area contributed by atoms with E-state index in [1.165, 1.54) is 16.8 Å². The maximum atomic E-state index is 6.26. The Bertz CT molecular complexity index is 646. The molecule has 1 aliphatic rings. The Hall–Kier alpha value is -1.96. The summed E-state index contributed by atoms with van der Waals surface area (Å²) in [6, 6.07) is 16.9. The van der Waals surface area contributed by atoms with Crippen molar-refractivity contribution in [1.82, 2.24) is 0 Å². The Labute approximate surface area is 140 Å². The average molecular weight is 309 g/mol. The second-order valence-electron chi connectivity index (χ2n) is 6.43. The molecule has 0 aliphatic carbocycles. The molecular weight excluding hydrogens is 282 g/mol. The average Bonchev–Trinajstić information content (AvgIpc) is 2.96. The van der Waals surface area contributed by atoms with E-state index < -0.39 is 0 Å². The summed E-state index contributed by atoms with van der Waals surface area (Å²) in [5.41, 5.74) is 4.22. The molecule has 0 radical (unpaired) electrons. The molecule has 2 heteroatoms. The summed E-state index contributed by atoms with van der Waals surface area (Å²) < 4.78 is 6.26. The molecule has 0 spiro atoms. The molecule has 0 saturated carbocycles. The summed E-state index contributed by atoms with van der Waals surface area (Å²) in [6.07, 6.45) is 2.30. The minimum atomic E-state index is 0.221. The highest BCUT2D eigenvalue weighted by Gasteiger charge is 2.41. The van der Waals surface area contributed by atoms with Crippen LogP contribution in [0.15, 0.2) is 48.5 Å². The standard InChI is InChI=1S/C21H27NO/c1-4-21(5-2)16-22(6-3)18-13-10-14-19(20(18)21)23-15-17-11-8-7-9-12-17/h7-14H,4-6,15-16H2,1-3H3. The summed E-state index contributed by atoms with van der Waals surface area (Å²) in [6.45, 7) is 9.64. The first-order valence-electron chi connectivity index (χ1n) is 8.79. The molecule has 122 valence electrons. The van der Waals surface area contributed by atoms with E-state index >= 15 is 0 Å². The van der Waals surface area contributed by atoms with Crippen molar-refractivity contribution in [2.45, 2.75) is 45.6 Å². The highest BCUT2D eigenvalue weighted by molar-refractivity contribution is 5.67. The normalized spacial score (nSPS) is 15.5. The molecule has 0 saturated heterocycles. The lowest BCUT2D eigenvalue weighted by atomic mass is 9.77. The van der Waals surface area contributed by atoms with Gasteiger partial charge in [-0.1, -0.05) is 50.2 Å². The molecule has 0 amide bonds. The smallest absolute Gasteiger partial charge is 0.125 e. The van der Waals surface area contributed by atoms with Gasteiger partial charge in [-0.25, -0.2) is 0 Å². The van der Waals surface area contributed by atoms with Gasteiger partial charge >= 0.3 is 0 Å². The topological polar surface area (TPSA) is 12.5 Å². The highest BCUT2D eigenvalue weighted by atomic mass is 16.5. The maximum absolute atomic E-state index is 6.26. The third kappa shape index (κ3) is 2.83. The Kier molecular flexibility index (Phi) is 4.61. The zero-order chi connectivity index (χ0) is 16.3. The third-order valence-electron chi connectivity index (χ3n) is 5.34. The van der Waals surface area contributed by atoms with E-state index in [1.54, 1.807) is 0 Å². The van der Waals surface area contributed by atoms with Crippen molar-refractivity contribution in [3.8, 4) is 5.75 Å². The molecule has 2 aromatic rings. The quantitative estimate of drug-likeness (QED) is 0.730. The second kappa shape index (κ2) is 6.66. The lowest BCUT2D eigenvalue weighted by Gasteiger charge is -2.29. The van der Waals surface area contributed by atoms with E-state index in [0.717, 1.165) is 31.7 Å². The summed E-state index contributed by atoms with van der Waals surface area (Å²) in [5, 5.41) is 0. The van der Waals surface area contributed by atoms with Gasteiger partial charge in [-0.15, -0.1) is 0 Å². The van der Waals surface area contributed by atoms with E-state index in [0.29, 0.717) is 6.61 Å². The number of hydrogen-bond donors (Lipinski definition) is 0. The van der Waals surface area contributed by atoms with Crippen LogP contribution >= 0.6 is 0 Å². The van der Waals surface area contributed by atoms with Gasteiger partial charge in [0.1, 0.15) is 12.4 Å². The molecule has 0 N–H and O–H groups in total. The summed E-state index contributed by atoms with van der Waals surface area (Å²) in [5.74, 6) is 1.06. The number of ether oxygens (including phenoxy) is 1. The van der Waals surface area contributed by atoms with E-state index in [1.807, 2.05) is 6.07 Å². The van der Waals surface area contributed by atoms with Gasteiger partial charge < -0.3 is 9.64 Å². The number of anilines is 1. The maximum Gasteiger partial charge on any atom is 0.125 e. The largest absolute Gasteiger partial charge is 0.489 e. The zero-order valence-electron chi connectivity index (χ0n) is 14.5. The summed E-state index contributed by atoms with van der Waals surface area (Å²) >= 11 is 0. The van der Waals surface area contributed by atoms with Gasteiger partial charge in [0.25, 0.3) is 0 Å². The summed E-state index contributed by atoms with van der Waals surface area (Å²) in [7, 11) is 0. The van der Waals surface area contributed by atoms with Crippen LogP contribution in [0.4, 0.5) is 5.69 Å². The number of benzene rings is 2. The first-order chi connectivity index (χ1) is 11.2. The van der Waals surface area contributed by atoms with Crippen LogP contribution in [0.25, 0.3) is 0 Å². The van der Waals surface area contributed by atoms with Crippen LogP contribution in [0.3, 0.4) is 0 Å². The van der Waals surface area contributed by atoms with Crippen molar-refractivity contribution in [1.29, 1.82) is 0 Å². The molecular formula is C21H27NO. The van der Waals surface area contributed by atoms with Crippen LogP contribution in [0.1, 0.15) is 44.7 Å². The molecule has 3 rings (SSSR count). The molecule has 0 fully saturated rings. The van der Waals surface area contributed by atoms with Crippen molar-refractivity contribution in [3.05, 3.63) is 59.7 Å². The van der Waals surface area contributed by atoms with Crippen LogP contribution in [-0.4, -0.2) is 13.1 Å². The predicted molar refractivity (Wildman–Crippen MR) is 97.4 cm³/mol. The minimum absolute atomic E-state index is 0.221. The predicted octanol–water partition coefficient (Wildman–Crippen LogP) is 5.16. The minimum Gasteiger partial charge on any atom is -0.489 e. The number of hydrogen-bond acceptors (Lipinski definition) is 2. The van der Waals surface area contributed by atoms with Crippen molar-refractivity contribution in [2.75, 3.05) is 18.0 Å². The van der Waals surface area contributed by atoms with Gasteiger partial charge in [-0.3, -0.25) is 0 Å². The van der Waals surface area contributed by atoms with E-state index in [2.05, 4.69) is 68.1 Å². The number of rotatable bonds is 6. The fourth-order valence-electron chi connectivity index (χ4n) is 3.81. The van der Waals surface area contributed by atoms with Gasteiger partial charge in [-0.05, 0) is 37.5 Å². The lowest BCUT2D eigenvalue weighted by Crippen LogP contribution is -2.32. The van der Waals surface area contributed by atoms with Crippen LogP contribution in [0.5, 0.6) is 5.75 Å². The van der Waals surface area contributed by atoms with Crippen LogP contribution in [0, 0.1) is 0 Å². The van der Waals surface area contributed by atoms with E-state index in [4.69, 9.17) is 4.74 Å². The molecule has 1 aliphatic heterocycles. The Morgan fingerprint density at radius 1 is 0.957 bits per heavy atom. The lowest BCUT2D eigenvalue weighted by molar-refractivity contribution is 0.292. The molecule has 2 nitrogen and oxygen atoms in total. The van der Waals surface area contributed by atoms with Gasteiger partial charge in [-0.2, -0.15) is 0 Å². The third-order valence-corrected chi connectivity index (χ3v) is 5.34. The molecule has 2 aromatic carbocycles.